The highest BCUT2D eigenvalue weighted by molar-refractivity contribution is 9.10. The Morgan fingerprint density at radius 2 is 2.12 bits per heavy atom. The fraction of sp³-hybridized carbons (Fsp3) is 0.364. The minimum absolute atomic E-state index is 0.00421. The molecule has 0 bridgehead atoms. The van der Waals surface area contributed by atoms with E-state index in [0.717, 1.165) is 0 Å². The Hall–Kier alpha value is -0.940. The molecule has 5 heteroatoms. The lowest BCUT2D eigenvalue weighted by molar-refractivity contribution is 0.0562. The first-order valence-corrected chi connectivity index (χ1v) is 5.79. The highest BCUT2D eigenvalue weighted by Gasteiger charge is 2.28. The van der Waals surface area contributed by atoms with Crippen molar-refractivity contribution in [1.29, 1.82) is 0 Å². The van der Waals surface area contributed by atoms with Gasteiger partial charge in [-0.1, -0.05) is 15.9 Å². The fourth-order valence-corrected chi connectivity index (χ4v) is 2.12. The fourth-order valence-electron chi connectivity index (χ4n) is 1.66. The van der Waals surface area contributed by atoms with Gasteiger partial charge in [0.1, 0.15) is 5.82 Å². The minimum atomic E-state index is -0.451. The van der Waals surface area contributed by atoms with Crippen molar-refractivity contribution in [3.05, 3.63) is 34.1 Å². The normalized spacial score (nSPS) is 23.7. The van der Waals surface area contributed by atoms with Crippen molar-refractivity contribution in [2.75, 3.05) is 0 Å². The predicted molar refractivity (Wildman–Crippen MR) is 60.6 cm³/mol. The van der Waals surface area contributed by atoms with Crippen LogP contribution < -0.4 is 5.32 Å². The maximum absolute atomic E-state index is 13.0. The van der Waals surface area contributed by atoms with Crippen LogP contribution in [0.5, 0.6) is 0 Å². The lowest BCUT2D eigenvalue weighted by Crippen LogP contribution is -2.46. The SMILES string of the molecule is O=C(NC1CC(O)C1)c1cc(F)cc(Br)c1. The van der Waals surface area contributed by atoms with Gasteiger partial charge in [0, 0.05) is 16.1 Å². The Morgan fingerprint density at radius 1 is 1.44 bits per heavy atom. The summed E-state index contributed by atoms with van der Waals surface area (Å²) < 4.78 is 13.6. The number of aliphatic hydroxyl groups is 1. The minimum Gasteiger partial charge on any atom is -0.393 e. The predicted octanol–water partition coefficient (Wildman–Crippen LogP) is 1.84. The van der Waals surface area contributed by atoms with Gasteiger partial charge in [0.15, 0.2) is 0 Å². The number of carbonyl (C=O) groups excluding carboxylic acids is 1. The number of rotatable bonds is 2. The van der Waals surface area contributed by atoms with E-state index in [1.807, 2.05) is 0 Å². The third-order valence-electron chi connectivity index (χ3n) is 2.57. The molecule has 1 saturated carbocycles. The number of nitrogens with one attached hydrogen (secondary N) is 1. The quantitative estimate of drug-likeness (QED) is 0.872. The van der Waals surface area contributed by atoms with E-state index in [9.17, 15) is 9.18 Å². The summed E-state index contributed by atoms with van der Waals surface area (Å²) in [6, 6.07) is 4.05. The molecule has 1 aliphatic rings. The number of amides is 1. The maximum atomic E-state index is 13.0. The van der Waals surface area contributed by atoms with E-state index in [2.05, 4.69) is 21.2 Å². The van der Waals surface area contributed by atoms with Crippen molar-refractivity contribution in [3.63, 3.8) is 0 Å². The summed E-state index contributed by atoms with van der Waals surface area (Å²) in [6.07, 6.45) is 0.828. The van der Waals surface area contributed by atoms with Crippen LogP contribution in [-0.2, 0) is 0 Å². The molecule has 0 spiro atoms. The molecule has 16 heavy (non-hydrogen) atoms. The second-order valence-corrected chi connectivity index (χ2v) is 4.87. The van der Waals surface area contributed by atoms with Gasteiger partial charge in [-0.15, -0.1) is 0 Å². The van der Waals surface area contributed by atoms with E-state index in [4.69, 9.17) is 5.11 Å². The van der Waals surface area contributed by atoms with Gasteiger partial charge in [-0.3, -0.25) is 4.79 Å². The van der Waals surface area contributed by atoms with Crippen molar-refractivity contribution in [2.24, 2.45) is 0 Å². The first-order valence-electron chi connectivity index (χ1n) is 4.99. The Kier molecular flexibility index (Phi) is 3.25. The number of aliphatic hydroxyl groups excluding tert-OH is 1. The van der Waals surface area contributed by atoms with Gasteiger partial charge in [0.05, 0.1) is 6.10 Å². The van der Waals surface area contributed by atoms with E-state index in [0.29, 0.717) is 17.3 Å². The van der Waals surface area contributed by atoms with Crippen molar-refractivity contribution in [1.82, 2.24) is 5.32 Å². The van der Waals surface area contributed by atoms with Crippen molar-refractivity contribution in [2.45, 2.75) is 25.0 Å². The Bertz CT molecular complexity index is 398. The Labute approximate surface area is 101 Å². The second kappa shape index (κ2) is 4.51. The highest BCUT2D eigenvalue weighted by Crippen LogP contribution is 2.20. The lowest BCUT2D eigenvalue weighted by Gasteiger charge is -2.31. The second-order valence-electron chi connectivity index (χ2n) is 3.95. The number of halogens is 2. The standard InChI is InChI=1S/C11H11BrFNO2/c12-7-1-6(2-8(13)3-7)11(16)14-9-4-10(15)5-9/h1-3,9-10,15H,4-5H2,(H,14,16). The highest BCUT2D eigenvalue weighted by atomic mass is 79.9. The monoisotopic (exact) mass is 287 g/mol. The van der Waals surface area contributed by atoms with Crippen LogP contribution in [0.3, 0.4) is 0 Å². The van der Waals surface area contributed by atoms with Crippen LogP contribution in [-0.4, -0.2) is 23.2 Å². The number of hydrogen-bond donors (Lipinski definition) is 2. The summed E-state index contributed by atoms with van der Waals surface area (Å²) in [5, 5.41) is 11.8. The Balaban J connectivity index is 2.03. The van der Waals surface area contributed by atoms with E-state index in [1.165, 1.54) is 12.1 Å². The summed E-state index contributed by atoms with van der Waals surface area (Å²) in [5.74, 6) is -0.759. The number of hydrogen-bond acceptors (Lipinski definition) is 2. The molecule has 0 aromatic heterocycles. The first kappa shape index (κ1) is 11.5. The molecule has 0 heterocycles. The summed E-state index contributed by atoms with van der Waals surface area (Å²) >= 11 is 3.13. The van der Waals surface area contributed by atoms with Crippen molar-refractivity contribution >= 4 is 21.8 Å². The van der Waals surface area contributed by atoms with Crippen LogP contribution in [0, 0.1) is 5.82 Å². The van der Waals surface area contributed by atoms with E-state index in [-0.39, 0.29) is 23.6 Å². The third kappa shape index (κ3) is 2.59. The van der Waals surface area contributed by atoms with E-state index in [1.54, 1.807) is 6.07 Å². The molecule has 0 saturated heterocycles. The summed E-state index contributed by atoms with van der Waals surface area (Å²) in [6.45, 7) is 0. The average molecular weight is 288 g/mol. The summed E-state index contributed by atoms with van der Waals surface area (Å²) in [4.78, 5) is 11.7. The van der Waals surface area contributed by atoms with Crippen LogP contribution in [0.4, 0.5) is 4.39 Å². The zero-order valence-electron chi connectivity index (χ0n) is 8.41. The number of carbonyl (C=O) groups is 1. The zero-order valence-corrected chi connectivity index (χ0v) is 10.00. The van der Waals surface area contributed by atoms with Crippen molar-refractivity contribution < 1.29 is 14.3 Å². The molecule has 86 valence electrons. The van der Waals surface area contributed by atoms with Gasteiger partial charge < -0.3 is 10.4 Å². The zero-order chi connectivity index (χ0) is 11.7. The molecular weight excluding hydrogens is 277 g/mol. The summed E-state index contributed by atoms with van der Waals surface area (Å²) in [5.41, 5.74) is 0.285. The molecule has 2 N–H and O–H groups in total. The molecule has 2 rings (SSSR count). The van der Waals surface area contributed by atoms with Gasteiger partial charge in [-0.25, -0.2) is 4.39 Å². The lowest BCUT2D eigenvalue weighted by atomic mass is 9.89. The molecule has 1 aromatic carbocycles. The van der Waals surface area contributed by atoms with Gasteiger partial charge in [-0.2, -0.15) is 0 Å². The molecule has 1 fully saturated rings. The molecule has 1 aromatic rings. The molecule has 0 radical (unpaired) electrons. The molecule has 1 amide bonds. The smallest absolute Gasteiger partial charge is 0.251 e. The molecule has 0 unspecified atom stereocenters. The molecule has 0 atom stereocenters. The van der Waals surface area contributed by atoms with Crippen LogP contribution >= 0.6 is 15.9 Å². The Morgan fingerprint density at radius 3 is 2.69 bits per heavy atom. The van der Waals surface area contributed by atoms with Gasteiger partial charge >= 0.3 is 0 Å². The van der Waals surface area contributed by atoms with Crippen LogP contribution in [0.25, 0.3) is 0 Å². The van der Waals surface area contributed by atoms with Gasteiger partial charge in [0.25, 0.3) is 5.91 Å². The molecule has 0 aliphatic heterocycles. The molecular formula is C11H11BrFNO2. The average Bonchev–Trinajstić information content (AvgIpc) is 2.13. The van der Waals surface area contributed by atoms with Crippen LogP contribution in [0.15, 0.2) is 22.7 Å². The first-order chi connectivity index (χ1) is 7.54. The summed E-state index contributed by atoms with van der Waals surface area (Å²) in [7, 11) is 0. The van der Waals surface area contributed by atoms with E-state index >= 15 is 0 Å². The van der Waals surface area contributed by atoms with Crippen molar-refractivity contribution in [3.8, 4) is 0 Å². The third-order valence-corrected chi connectivity index (χ3v) is 3.03. The van der Waals surface area contributed by atoms with E-state index < -0.39 is 5.82 Å². The van der Waals surface area contributed by atoms with Crippen LogP contribution in [0.1, 0.15) is 23.2 Å². The maximum Gasteiger partial charge on any atom is 0.251 e. The molecule has 3 nitrogen and oxygen atoms in total. The topological polar surface area (TPSA) is 49.3 Å². The molecule has 1 aliphatic carbocycles. The van der Waals surface area contributed by atoms with Gasteiger partial charge in [-0.05, 0) is 31.0 Å². The largest absolute Gasteiger partial charge is 0.393 e. The van der Waals surface area contributed by atoms with Gasteiger partial charge in [0.2, 0.25) is 0 Å². The number of benzene rings is 1. The van der Waals surface area contributed by atoms with Crippen LogP contribution in [0.2, 0.25) is 0 Å².